The highest BCUT2D eigenvalue weighted by atomic mass is 19.1. The zero-order valence-corrected chi connectivity index (χ0v) is 10.9. The number of halogens is 1. The molecule has 0 saturated carbocycles. The molecule has 4 heteroatoms. The van der Waals surface area contributed by atoms with E-state index in [-0.39, 0.29) is 17.8 Å². The average molecular weight is 250 g/mol. The fraction of sp³-hybridized carbons (Fsp3) is 0.500. The highest BCUT2D eigenvalue weighted by Crippen LogP contribution is 2.23. The molecule has 0 radical (unpaired) electrons. The Balaban J connectivity index is 2.10. The lowest BCUT2D eigenvalue weighted by Gasteiger charge is -2.18. The Labute approximate surface area is 107 Å². The molecule has 1 aliphatic rings. The Morgan fingerprint density at radius 3 is 2.94 bits per heavy atom. The molecule has 0 spiro atoms. The van der Waals surface area contributed by atoms with Gasteiger partial charge in [-0.1, -0.05) is 6.92 Å². The van der Waals surface area contributed by atoms with E-state index in [4.69, 9.17) is 0 Å². The Morgan fingerprint density at radius 1 is 1.50 bits per heavy atom. The monoisotopic (exact) mass is 250 g/mol. The second-order valence-corrected chi connectivity index (χ2v) is 4.72. The van der Waals surface area contributed by atoms with Gasteiger partial charge in [-0.05, 0) is 50.1 Å². The van der Waals surface area contributed by atoms with Crippen molar-refractivity contribution >= 4 is 11.6 Å². The van der Waals surface area contributed by atoms with Crippen LogP contribution < -0.4 is 10.2 Å². The van der Waals surface area contributed by atoms with Crippen LogP contribution in [0.5, 0.6) is 0 Å². The predicted octanol–water partition coefficient (Wildman–Crippen LogP) is 2.24. The van der Waals surface area contributed by atoms with Gasteiger partial charge in [-0.25, -0.2) is 4.39 Å². The largest absolute Gasteiger partial charge is 0.311 e. The number of rotatable bonds is 4. The maximum absolute atomic E-state index is 13.2. The number of nitrogens with zero attached hydrogens (tertiary/aromatic N) is 1. The first-order chi connectivity index (χ1) is 8.63. The zero-order valence-electron chi connectivity index (χ0n) is 10.9. The van der Waals surface area contributed by atoms with E-state index in [0.717, 1.165) is 25.1 Å². The summed E-state index contributed by atoms with van der Waals surface area (Å²) in [6.07, 6.45) is 1.83. The third kappa shape index (κ3) is 2.53. The van der Waals surface area contributed by atoms with E-state index in [9.17, 15) is 9.18 Å². The van der Waals surface area contributed by atoms with Crippen LogP contribution in [0.2, 0.25) is 0 Å². The normalized spacial score (nSPS) is 19.6. The number of carbonyl (C=O) groups excluding carboxylic acids is 1. The summed E-state index contributed by atoms with van der Waals surface area (Å²) in [4.78, 5) is 13.9. The quantitative estimate of drug-likeness (QED) is 0.888. The molecule has 1 unspecified atom stereocenters. The molecular formula is C14H19FN2O. The van der Waals surface area contributed by atoms with Crippen LogP contribution >= 0.6 is 0 Å². The van der Waals surface area contributed by atoms with Crippen molar-refractivity contribution in [2.45, 2.75) is 32.7 Å². The number of aryl methyl sites for hydroxylation is 1. The smallest absolute Gasteiger partial charge is 0.244 e. The van der Waals surface area contributed by atoms with E-state index in [1.807, 2.05) is 0 Å². The summed E-state index contributed by atoms with van der Waals surface area (Å²) in [7, 11) is 0. The molecule has 1 aliphatic heterocycles. The minimum atomic E-state index is -0.231. The minimum absolute atomic E-state index is 0.0877. The lowest BCUT2D eigenvalue weighted by atomic mass is 10.2. The second-order valence-electron chi connectivity index (χ2n) is 4.72. The molecule has 1 aromatic rings. The lowest BCUT2D eigenvalue weighted by molar-refractivity contribution is -0.118. The van der Waals surface area contributed by atoms with Gasteiger partial charge in [0.2, 0.25) is 5.91 Å². The van der Waals surface area contributed by atoms with Gasteiger partial charge in [0, 0.05) is 12.2 Å². The average Bonchev–Trinajstić information content (AvgIpc) is 2.72. The van der Waals surface area contributed by atoms with Crippen LogP contribution in [0.25, 0.3) is 0 Å². The number of hydrogen-bond acceptors (Lipinski definition) is 2. The molecule has 2 rings (SSSR count). The van der Waals surface area contributed by atoms with Crippen LogP contribution in [0.15, 0.2) is 18.2 Å². The summed E-state index contributed by atoms with van der Waals surface area (Å²) in [6, 6.07) is 4.73. The third-order valence-electron chi connectivity index (χ3n) is 3.30. The molecule has 1 saturated heterocycles. The number of hydrogen-bond donors (Lipinski definition) is 1. The zero-order chi connectivity index (χ0) is 13.1. The standard InChI is InChI=1S/C14H19FN2O/c1-3-7-16-13-6-8-17(14(13)18)11-4-5-12(15)10(2)9-11/h4-5,9,13,16H,3,6-8H2,1-2H3. The molecule has 1 aromatic carbocycles. The molecular weight excluding hydrogens is 231 g/mol. The van der Waals surface area contributed by atoms with E-state index in [2.05, 4.69) is 12.2 Å². The third-order valence-corrected chi connectivity index (χ3v) is 3.30. The summed E-state index contributed by atoms with van der Waals surface area (Å²) in [5.41, 5.74) is 1.37. The summed E-state index contributed by atoms with van der Waals surface area (Å²) < 4.78 is 13.2. The first-order valence-electron chi connectivity index (χ1n) is 6.44. The van der Waals surface area contributed by atoms with E-state index >= 15 is 0 Å². The van der Waals surface area contributed by atoms with Crippen LogP contribution in [0.4, 0.5) is 10.1 Å². The molecule has 0 aromatic heterocycles. The summed E-state index contributed by atoms with van der Waals surface area (Å²) in [5, 5.41) is 3.24. The van der Waals surface area contributed by atoms with Crippen LogP contribution in [-0.2, 0) is 4.79 Å². The first-order valence-corrected chi connectivity index (χ1v) is 6.44. The first kappa shape index (κ1) is 13.0. The number of nitrogens with one attached hydrogen (secondary N) is 1. The van der Waals surface area contributed by atoms with Crippen molar-refractivity contribution < 1.29 is 9.18 Å². The molecule has 1 amide bonds. The van der Waals surface area contributed by atoms with Crippen LogP contribution in [0, 0.1) is 12.7 Å². The number of carbonyl (C=O) groups is 1. The molecule has 1 heterocycles. The van der Waals surface area contributed by atoms with Gasteiger partial charge in [0.05, 0.1) is 6.04 Å². The number of amides is 1. The summed E-state index contributed by atoms with van der Waals surface area (Å²) >= 11 is 0. The van der Waals surface area contributed by atoms with Crippen LogP contribution in [0.3, 0.4) is 0 Å². The van der Waals surface area contributed by atoms with Gasteiger partial charge in [-0.15, -0.1) is 0 Å². The topological polar surface area (TPSA) is 32.3 Å². The highest BCUT2D eigenvalue weighted by molar-refractivity contribution is 5.99. The Hall–Kier alpha value is -1.42. The van der Waals surface area contributed by atoms with E-state index in [1.54, 1.807) is 24.0 Å². The molecule has 98 valence electrons. The van der Waals surface area contributed by atoms with Crippen molar-refractivity contribution in [1.82, 2.24) is 5.32 Å². The van der Waals surface area contributed by atoms with Crippen molar-refractivity contribution in [3.05, 3.63) is 29.6 Å². The molecule has 1 atom stereocenters. The molecule has 18 heavy (non-hydrogen) atoms. The van der Waals surface area contributed by atoms with Crippen molar-refractivity contribution in [3.63, 3.8) is 0 Å². The highest BCUT2D eigenvalue weighted by Gasteiger charge is 2.31. The second kappa shape index (κ2) is 5.48. The lowest BCUT2D eigenvalue weighted by Crippen LogP contribution is -2.38. The SMILES string of the molecule is CCCNC1CCN(c2ccc(F)c(C)c2)C1=O. The van der Waals surface area contributed by atoms with Crippen molar-refractivity contribution in [3.8, 4) is 0 Å². The van der Waals surface area contributed by atoms with Gasteiger partial charge < -0.3 is 10.2 Å². The van der Waals surface area contributed by atoms with E-state index in [1.165, 1.54) is 6.07 Å². The predicted molar refractivity (Wildman–Crippen MR) is 70.2 cm³/mol. The fourth-order valence-corrected chi connectivity index (χ4v) is 2.24. The maximum Gasteiger partial charge on any atom is 0.244 e. The van der Waals surface area contributed by atoms with Crippen LogP contribution in [-0.4, -0.2) is 25.0 Å². The number of anilines is 1. The van der Waals surface area contributed by atoms with Gasteiger partial charge in [0.1, 0.15) is 5.82 Å². The molecule has 0 aliphatic carbocycles. The summed E-state index contributed by atoms with van der Waals surface area (Å²) in [5.74, 6) is -0.138. The fourth-order valence-electron chi connectivity index (χ4n) is 2.24. The van der Waals surface area contributed by atoms with Crippen molar-refractivity contribution in [1.29, 1.82) is 0 Å². The van der Waals surface area contributed by atoms with Crippen LogP contribution in [0.1, 0.15) is 25.3 Å². The summed E-state index contributed by atoms with van der Waals surface area (Å²) in [6.45, 7) is 5.34. The molecule has 1 N–H and O–H groups in total. The Morgan fingerprint density at radius 2 is 2.28 bits per heavy atom. The van der Waals surface area contributed by atoms with Gasteiger partial charge in [-0.3, -0.25) is 4.79 Å². The molecule has 3 nitrogen and oxygen atoms in total. The number of benzene rings is 1. The maximum atomic E-state index is 13.2. The Bertz CT molecular complexity index is 447. The van der Waals surface area contributed by atoms with Gasteiger partial charge in [-0.2, -0.15) is 0 Å². The van der Waals surface area contributed by atoms with Gasteiger partial charge in [0.25, 0.3) is 0 Å². The molecule has 1 fully saturated rings. The van der Waals surface area contributed by atoms with Gasteiger partial charge >= 0.3 is 0 Å². The van der Waals surface area contributed by atoms with E-state index in [0.29, 0.717) is 12.1 Å². The van der Waals surface area contributed by atoms with Gasteiger partial charge in [0.15, 0.2) is 0 Å². The molecule has 0 bridgehead atoms. The van der Waals surface area contributed by atoms with Crippen molar-refractivity contribution in [2.24, 2.45) is 0 Å². The Kier molecular flexibility index (Phi) is 3.97. The van der Waals surface area contributed by atoms with Crippen molar-refractivity contribution in [2.75, 3.05) is 18.0 Å². The minimum Gasteiger partial charge on any atom is -0.311 e. The van der Waals surface area contributed by atoms with E-state index < -0.39 is 0 Å².